The Hall–Kier alpha value is -0.910. The molecule has 0 saturated heterocycles. The topological polar surface area (TPSA) is 58.2 Å². The molecule has 2 atom stereocenters. The summed E-state index contributed by atoms with van der Waals surface area (Å²) in [4.78, 5) is 0.391. The molecule has 116 valence electrons. The van der Waals surface area contributed by atoms with Crippen molar-refractivity contribution >= 4 is 10.0 Å². The lowest BCUT2D eigenvalue weighted by Crippen LogP contribution is -2.27. The first-order chi connectivity index (χ1) is 9.99. The summed E-state index contributed by atoms with van der Waals surface area (Å²) in [5.41, 5.74) is 2.22. The molecule has 0 heterocycles. The van der Waals surface area contributed by atoms with Crippen molar-refractivity contribution in [2.24, 2.45) is 5.92 Å². The first-order valence-corrected chi connectivity index (χ1v) is 9.33. The first kappa shape index (κ1) is 15.0. The zero-order valence-electron chi connectivity index (χ0n) is 12.7. The van der Waals surface area contributed by atoms with E-state index in [1.165, 1.54) is 12.8 Å². The number of aryl methyl sites for hydroxylation is 1. The van der Waals surface area contributed by atoms with Crippen LogP contribution in [0, 0.1) is 12.8 Å². The van der Waals surface area contributed by atoms with Crippen LogP contribution in [0.1, 0.15) is 43.7 Å². The molecule has 21 heavy (non-hydrogen) atoms. The Balaban J connectivity index is 1.72. The van der Waals surface area contributed by atoms with Gasteiger partial charge in [0.15, 0.2) is 0 Å². The third-order valence-corrected chi connectivity index (χ3v) is 6.03. The van der Waals surface area contributed by atoms with Crippen LogP contribution in [0.3, 0.4) is 0 Å². The van der Waals surface area contributed by atoms with Crippen molar-refractivity contribution in [3.05, 3.63) is 29.3 Å². The second-order valence-corrected chi connectivity index (χ2v) is 8.09. The van der Waals surface area contributed by atoms with Crippen molar-refractivity contribution in [1.82, 2.24) is 10.0 Å². The Kier molecular flexibility index (Phi) is 4.08. The molecule has 0 amide bonds. The Morgan fingerprint density at radius 1 is 1.29 bits per heavy atom. The highest BCUT2D eigenvalue weighted by Gasteiger charge is 2.38. The number of hydrogen-bond donors (Lipinski definition) is 2. The Bertz CT molecular complexity index is 623. The van der Waals surface area contributed by atoms with E-state index in [0.717, 1.165) is 30.5 Å². The van der Waals surface area contributed by atoms with Crippen LogP contribution in [0.25, 0.3) is 0 Å². The molecule has 2 saturated carbocycles. The number of benzene rings is 1. The summed E-state index contributed by atoms with van der Waals surface area (Å²) in [5.74, 6) is 0.515. The standard InChI is InChI=1S/C16H24N2O2S/c1-3-12-9-16(12)18-21(19,20)15-7-4-11(2)13(8-15)10-17-14-5-6-14/h4,7-8,12,14,16-18H,3,5-6,9-10H2,1-2H3. The predicted molar refractivity (Wildman–Crippen MR) is 83.5 cm³/mol. The maximum Gasteiger partial charge on any atom is 0.240 e. The summed E-state index contributed by atoms with van der Waals surface area (Å²) >= 11 is 0. The largest absolute Gasteiger partial charge is 0.310 e. The lowest BCUT2D eigenvalue weighted by molar-refractivity contribution is 0.575. The van der Waals surface area contributed by atoms with E-state index < -0.39 is 10.0 Å². The van der Waals surface area contributed by atoms with Gasteiger partial charge in [-0.15, -0.1) is 0 Å². The van der Waals surface area contributed by atoms with Gasteiger partial charge in [-0.25, -0.2) is 13.1 Å². The van der Waals surface area contributed by atoms with E-state index in [9.17, 15) is 8.42 Å². The second kappa shape index (κ2) is 5.71. The monoisotopic (exact) mass is 308 g/mol. The van der Waals surface area contributed by atoms with E-state index in [-0.39, 0.29) is 6.04 Å². The minimum Gasteiger partial charge on any atom is -0.310 e. The number of sulfonamides is 1. The zero-order chi connectivity index (χ0) is 15.0. The fourth-order valence-corrected chi connectivity index (χ4v) is 4.03. The zero-order valence-corrected chi connectivity index (χ0v) is 13.5. The SMILES string of the molecule is CCC1CC1NS(=O)(=O)c1ccc(C)c(CNC2CC2)c1. The second-order valence-electron chi connectivity index (χ2n) is 6.38. The van der Waals surface area contributed by atoms with Gasteiger partial charge in [0.1, 0.15) is 0 Å². The summed E-state index contributed by atoms with van der Waals surface area (Å²) in [6.45, 7) is 4.88. The Labute approximate surface area is 127 Å². The van der Waals surface area contributed by atoms with Gasteiger partial charge in [0.2, 0.25) is 10.0 Å². The fourth-order valence-electron chi connectivity index (χ4n) is 2.66. The lowest BCUT2D eigenvalue weighted by atomic mass is 10.1. The molecule has 2 aliphatic carbocycles. The summed E-state index contributed by atoms with van der Waals surface area (Å²) in [7, 11) is -3.38. The molecule has 5 heteroatoms. The smallest absolute Gasteiger partial charge is 0.240 e. The molecule has 2 N–H and O–H groups in total. The first-order valence-electron chi connectivity index (χ1n) is 7.85. The van der Waals surface area contributed by atoms with Crippen LogP contribution < -0.4 is 10.0 Å². The summed E-state index contributed by atoms with van der Waals surface area (Å²) in [6, 6.07) is 6.19. The van der Waals surface area contributed by atoms with Crippen molar-refractivity contribution in [3.63, 3.8) is 0 Å². The molecule has 0 aromatic heterocycles. The highest BCUT2D eigenvalue weighted by atomic mass is 32.2. The molecule has 4 nitrogen and oxygen atoms in total. The molecule has 0 radical (unpaired) electrons. The van der Waals surface area contributed by atoms with Gasteiger partial charge in [0.05, 0.1) is 4.90 Å². The van der Waals surface area contributed by atoms with E-state index in [2.05, 4.69) is 17.0 Å². The predicted octanol–water partition coefficient (Wildman–Crippen LogP) is 2.32. The van der Waals surface area contributed by atoms with Crippen molar-refractivity contribution in [1.29, 1.82) is 0 Å². The maximum atomic E-state index is 12.4. The molecule has 1 aromatic rings. The van der Waals surface area contributed by atoms with Gasteiger partial charge in [-0.05, 0) is 55.4 Å². The molecular weight excluding hydrogens is 284 g/mol. The van der Waals surface area contributed by atoms with Gasteiger partial charge < -0.3 is 5.32 Å². The van der Waals surface area contributed by atoms with E-state index in [4.69, 9.17) is 0 Å². The van der Waals surface area contributed by atoms with E-state index in [1.807, 2.05) is 19.1 Å². The van der Waals surface area contributed by atoms with Gasteiger partial charge in [-0.3, -0.25) is 0 Å². The maximum absolute atomic E-state index is 12.4. The van der Waals surface area contributed by atoms with Gasteiger partial charge in [0.25, 0.3) is 0 Å². The molecule has 2 unspecified atom stereocenters. The van der Waals surface area contributed by atoms with Crippen LogP contribution in [-0.2, 0) is 16.6 Å². The number of rotatable bonds is 7. The van der Waals surface area contributed by atoms with Crippen LogP contribution in [0.5, 0.6) is 0 Å². The minimum atomic E-state index is -3.38. The molecule has 1 aromatic carbocycles. The molecule has 0 spiro atoms. The fraction of sp³-hybridized carbons (Fsp3) is 0.625. The molecule has 3 rings (SSSR count). The highest BCUT2D eigenvalue weighted by Crippen LogP contribution is 2.34. The lowest BCUT2D eigenvalue weighted by Gasteiger charge is -2.11. The van der Waals surface area contributed by atoms with E-state index >= 15 is 0 Å². The van der Waals surface area contributed by atoms with Crippen molar-refractivity contribution in [2.45, 2.75) is 63.1 Å². The minimum absolute atomic E-state index is 0.134. The van der Waals surface area contributed by atoms with Crippen LogP contribution in [-0.4, -0.2) is 20.5 Å². The van der Waals surface area contributed by atoms with Gasteiger partial charge >= 0.3 is 0 Å². The molecular formula is C16H24N2O2S. The van der Waals surface area contributed by atoms with Gasteiger partial charge in [0, 0.05) is 18.6 Å². The third kappa shape index (κ3) is 3.65. The highest BCUT2D eigenvalue weighted by molar-refractivity contribution is 7.89. The average Bonchev–Trinajstić information content (AvgIpc) is 3.32. The van der Waals surface area contributed by atoms with Crippen molar-refractivity contribution < 1.29 is 8.42 Å². The third-order valence-electron chi connectivity index (χ3n) is 4.54. The summed E-state index contributed by atoms with van der Waals surface area (Å²) in [5, 5.41) is 3.45. The molecule has 0 bridgehead atoms. The van der Waals surface area contributed by atoms with Gasteiger partial charge in [-0.1, -0.05) is 19.4 Å². The number of hydrogen-bond acceptors (Lipinski definition) is 3. The Morgan fingerprint density at radius 3 is 2.67 bits per heavy atom. The molecule has 0 aliphatic heterocycles. The van der Waals surface area contributed by atoms with Crippen LogP contribution in [0.2, 0.25) is 0 Å². The van der Waals surface area contributed by atoms with Crippen molar-refractivity contribution in [2.75, 3.05) is 0 Å². The molecule has 2 aliphatic rings. The van der Waals surface area contributed by atoms with Gasteiger partial charge in [-0.2, -0.15) is 0 Å². The average molecular weight is 308 g/mol. The van der Waals surface area contributed by atoms with Crippen LogP contribution >= 0.6 is 0 Å². The normalized spacial score (nSPS) is 25.0. The van der Waals surface area contributed by atoms with Crippen LogP contribution in [0.15, 0.2) is 23.1 Å². The summed E-state index contributed by atoms with van der Waals surface area (Å²) < 4.78 is 27.7. The quantitative estimate of drug-likeness (QED) is 0.813. The molecule has 2 fully saturated rings. The van der Waals surface area contributed by atoms with E-state index in [0.29, 0.717) is 16.9 Å². The van der Waals surface area contributed by atoms with Crippen LogP contribution in [0.4, 0.5) is 0 Å². The Morgan fingerprint density at radius 2 is 2.05 bits per heavy atom. The summed E-state index contributed by atoms with van der Waals surface area (Å²) in [6.07, 6.45) is 4.48. The van der Waals surface area contributed by atoms with E-state index in [1.54, 1.807) is 6.07 Å². The van der Waals surface area contributed by atoms with Crippen molar-refractivity contribution in [3.8, 4) is 0 Å². The number of nitrogens with one attached hydrogen (secondary N) is 2.